The third-order valence-electron chi connectivity index (χ3n) is 2.13. The molecule has 0 amide bonds. The second-order valence-corrected chi connectivity index (χ2v) is 2.92. The minimum atomic E-state index is 0.653. The van der Waals surface area contributed by atoms with Crippen molar-refractivity contribution >= 4 is 0 Å². The SMILES string of the molecule is COc1cccc2c1CC=CCO2. The Labute approximate surface area is 77.8 Å². The van der Waals surface area contributed by atoms with Crippen LogP contribution in [0.1, 0.15) is 5.56 Å². The Balaban J connectivity index is 2.45. The molecule has 1 aromatic rings. The Kier molecular flexibility index (Phi) is 2.21. The summed E-state index contributed by atoms with van der Waals surface area (Å²) in [5.41, 5.74) is 1.14. The molecule has 0 aliphatic carbocycles. The van der Waals surface area contributed by atoms with Gasteiger partial charge in [0.05, 0.1) is 7.11 Å². The van der Waals surface area contributed by atoms with Gasteiger partial charge >= 0.3 is 0 Å². The minimum Gasteiger partial charge on any atom is -0.496 e. The van der Waals surface area contributed by atoms with Crippen molar-refractivity contribution in [1.29, 1.82) is 0 Å². The van der Waals surface area contributed by atoms with Crippen molar-refractivity contribution < 1.29 is 9.47 Å². The van der Waals surface area contributed by atoms with Gasteiger partial charge in [0.25, 0.3) is 0 Å². The van der Waals surface area contributed by atoms with Crippen LogP contribution in [0, 0.1) is 0 Å². The first-order valence-electron chi connectivity index (χ1n) is 4.35. The van der Waals surface area contributed by atoms with Crippen LogP contribution in [-0.2, 0) is 6.42 Å². The first kappa shape index (κ1) is 8.17. The number of allylic oxidation sites excluding steroid dienone is 1. The van der Waals surface area contributed by atoms with Gasteiger partial charge in [-0.15, -0.1) is 0 Å². The van der Waals surface area contributed by atoms with Gasteiger partial charge in [0.1, 0.15) is 18.1 Å². The van der Waals surface area contributed by atoms with E-state index in [9.17, 15) is 0 Å². The largest absolute Gasteiger partial charge is 0.496 e. The van der Waals surface area contributed by atoms with Crippen LogP contribution < -0.4 is 9.47 Å². The van der Waals surface area contributed by atoms with Crippen LogP contribution in [0.3, 0.4) is 0 Å². The normalized spacial score (nSPS) is 14.2. The molecule has 2 heteroatoms. The zero-order chi connectivity index (χ0) is 9.10. The van der Waals surface area contributed by atoms with Crippen molar-refractivity contribution in [2.45, 2.75) is 6.42 Å². The fourth-order valence-corrected chi connectivity index (χ4v) is 1.48. The van der Waals surface area contributed by atoms with Gasteiger partial charge in [-0.05, 0) is 18.6 Å². The molecule has 0 aromatic heterocycles. The highest BCUT2D eigenvalue weighted by Gasteiger charge is 2.09. The summed E-state index contributed by atoms with van der Waals surface area (Å²) >= 11 is 0. The quantitative estimate of drug-likeness (QED) is 0.610. The highest BCUT2D eigenvalue weighted by Crippen LogP contribution is 2.30. The van der Waals surface area contributed by atoms with E-state index in [4.69, 9.17) is 9.47 Å². The topological polar surface area (TPSA) is 18.5 Å². The molecule has 1 heterocycles. The van der Waals surface area contributed by atoms with Crippen LogP contribution in [0.25, 0.3) is 0 Å². The zero-order valence-electron chi connectivity index (χ0n) is 7.62. The lowest BCUT2D eigenvalue weighted by molar-refractivity contribution is 0.355. The summed E-state index contributed by atoms with van der Waals surface area (Å²) in [4.78, 5) is 0. The van der Waals surface area contributed by atoms with Crippen molar-refractivity contribution in [1.82, 2.24) is 0 Å². The average molecular weight is 176 g/mol. The highest BCUT2D eigenvalue weighted by molar-refractivity contribution is 5.46. The third kappa shape index (κ3) is 1.52. The average Bonchev–Trinajstić information content (AvgIpc) is 2.41. The molecule has 0 atom stereocenters. The molecular weight excluding hydrogens is 164 g/mol. The van der Waals surface area contributed by atoms with E-state index in [-0.39, 0.29) is 0 Å². The van der Waals surface area contributed by atoms with E-state index < -0.39 is 0 Å². The predicted octanol–water partition coefficient (Wildman–Crippen LogP) is 2.19. The fourth-order valence-electron chi connectivity index (χ4n) is 1.48. The summed E-state index contributed by atoms with van der Waals surface area (Å²) < 4.78 is 10.8. The van der Waals surface area contributed by atoms with Crippen LogP contribution in [0.2, 0.25) is 0 Å². The molecule has 0 bridgehead atoms. The molecule has 0 radical (unpaired) electrons. The molecule has 2 nitrogen and oxygen atoms in total. The van der Waals surface area contributed by atoms with Crippen LogP contribution >= 0.6 is 0 Å². The Bertz CT molecular complexity index is 329. The molecule has 68 valence electrons. The van der Waals surface area contributed by atoms with E-state index in [1.54, 1.807) is 7.11 Å². The summed E-state index contributed by atoms with van der Waals surface area (Å²) in [5.74, 6) is 1.84. The van der Waals surface area contributed by atoms with E-state index in [1.807, 2.05) is 24.3 Å². The number of methoxy groups -OCH3 is 1. The second-order valence-electron chi connectivity index (χ2n) is 2.92. The first-order chi connectivity index (χ1) is 6.42. The van der Waals surface area contributed by atoms with Gasteiger partial charge < -0.3 is 9.47 Å². The zero-order valence-corrected chi connectivity index (χ0v) is 7.62. The fraction of sp³-hybridized carbons (Fsp3) is 0.273. The van der Waals surface area contributed by atoms with Gasteiger partial charge in [0.2, 0.25) is 0 Å². The van der Waals surface area contributed by atoms with Gasteiger partial charge in [-0.1, -0.05) is 18.2 Å². The minimum absolute atomic E-state index is 0.653. The summed E-state index contributed by atoms with van der Waals surface area (Å²) in [6.07, 6.45) is 5.02. The van der Waals surface area contributed by atoms with Crippen molar-refractivity contribution in [2.75, 3.05) is 13.7 Å². The second kappa shape index (κ2) is 3.52. The van der Waals surface area contributed by atoms with E-state index in [2.05, 4.69) is 6.08 Å². The number of hydrogen-bond donors (Lipinski definition) is 0. The van der Waals surface area contributed by atoms with E-state index in [0.29, 0.717) is 6.61 Å². The molecule has 1 aliphatic heterocycles. The molecule has 0 saturated heterocycles. The van der Waals surface area contributed by atoms with Crippen molar-refractivity contribution in [3.05, 3.63) is 35.9 Å². The Morgan fingerprint density at radius 1 is 1.31 bits per heavy atom. The summed E-state index contributed by atoms with van der Waals surface area (Å²) in [7, 11) is 1.68. The van der Waals surface area contributed by atoms with E-state index in [1.165, 1.54) is 0 Å². The molecular formula is C11H12O2. The molecule has 0 fully saturated rings. The number of rotatable bonds is 1. The number of hydrogen-bond acceptors (Lipinski definition) is 2. The van der Waals surface area contributed by atoms with Crippen LogP contribution in [-0.4, -0.2) is 13.7 Å². The Morgan fingerprint density at radius 2 is 2.23 bits per heavy atom. The van der Waals surface area contributed by atoms with E-state index in [0.717, 1.165) is 23.5 Å². The molecule has 2 rings (SSSR count). The molecule has 1 aliphatic rings. The maximum Gasteiger partial charge on any atom is 0.126 e. The lowest BCUT2D eigenvalue weighted by atomic mass is 10.1. The van der Waals surface area contributed by atoms with E-state index >= 15 is 0 Å². The summed E-state index contributed by atoms with van der Waals surface area (Å²) in [6.45, 7) is 0.653. The molecule has 0 N–H and O–H groups in total. The van der Waals surface area contributed by atoms with Crippen LogP contribution in [0.15, 0.2) is 30.4 Å². The number of ether oxygens (including phenoxy) is 2. The number of benzene rings is 1. The molecule has 13 heavy (non-hydrogen) atoms. The summed E-state index contributed by atoms with van der Waals surface area (Å²) in [5, 5.41) is 0. The Hall–Kier alpha value is -1.44. The van der Waals surface area contributed by atoms with Gasteiger partial charge in [0, 0.05) is 5.56 Å². The molecule has 1 aromatic carbocycles. The van der Waals surface area contributed by atoms with Gasteiger partial charge in [-0.25, -0.2) is 0 Å². The van der Waals surface area contributed by atoms with Crippen molar-refractivity contribution in [2.24, 2.45) is 0 Å². The third-order valence-corrected chi connectivity index (χ3v) is 2.13. The maximum atomic E-state index is 5.52. The lowest BCUT2D eigenvalue weighted by Gasteiger charge is -2.10. The van der Waals surface area contributed by atoms with Gasteiger partial charge in [-0.3, -0.25) is 0 Å². The molecule has 0 spiro atoms. The number of fused-ring (bicyclic) bond motifs is 1. The first-order valence-corrected chi connectivity index (χ1v) is 4.35. The molecule has 0 saturated carbocycles. The van der Waals surface area contributed by atoms with Crippen LogP contribution in [0.5, 0.6) is 11.5 Å². The smallest absolute Gasteiger partial charge is 0.126 e. The molecule has 0 unspecified atom stereocenters. The lowest BCUT2D eigenvalue weighted by Crippen LogP contribution is -1.96. The predicted molar refractivity (Wildman–Crippen MR) is 51.3 cm³/mol. The van der Waals surface area contributed by atoms with Crippen molar-refractivity contribution in [3.63, 3.8) is 0 Å². The van der Waals surface area contributed by atoms with Gasteiger partial charge in [-0.2, -0.15) is 0 Å². The highest BCUT2D eigenvalue weighted by atomic mass is 16.5. The van der Waals surface area contributed by atoms with Crippen LogP contribution in [0.4, 0.5) is 0 Å². The monoisotopic (exact) mass is 176 g/mol. The standard InChI is InChI=1S/C11H12O2/c1-12-10-6-4-7-11-9(10)5-2-3-8-13-11/h2-4,6-7H,5,8H2,1H3. The maximum absolute atomic E-state index is 5.52. The summed E-state index contributed by atoms with van der Waals surface area (Å²) in [6, 6.07) is 5.88. The Morgan fingerprint density at radius 3 is 3.08 bits per heavy atom. The van der Waals surface area contributed by atoms with Gasteiger partial charge in [0.15, 0.2) is 0 Å². The van der Waals surface area contributed by atoms with Crippen molar-refractivity contribution in [3.8, 4) is 11.5 Å².